The van der Waals surface area contributed by atoms with Gasteiger partial charge in [-0.2, -0.15) is 0 Å². The van der Waals surface area contributed by atoms with Gasteiger partial charge in [-0.25, -0.2) is 8.42 Å². The molecule has 3 rings (SSSR count). The number of benzene rings is 2. The summed E-state index contributed by atoms with van der Waals surface area (Å²) >= 11 is 12.0. The Hall–Kier alpha value is -1.27. The molecule has 0 saturated carbocycles. The smallest absolute Gasteiger partial charge is 0.181 e. The number of anilines is 1. The van der Waals surface area contributed by atoms with E-state index in [2.05, 4.69) is 41.0 Å². The van der Waals surface area contributed by atoms with Gasteiger partial charge < -0.3 is 4.90 Å². The molecule has 26 heavy (non-hydrogen) atoms. The van der Waals surface area contributed by atoms with Crippen molar-refractivity contribution in [2.75, 3.05) is 43.4 Å². The van der Waals surface area contributed by atoms with E-state index in [1.165, 1.54) is 23.4 Å². The van der Waals surface area contributed by atoms with Gasteiger partial charge in [0.25, 0.3) is 0 Å². The van der Waals surface area contributed by atoms with Crippen molar-refractivity contribution in [2.24, 2.45) is 0 Å². The topological polar surface area (TPSA) is 40.6 Å². The van der Waals surface area contributed by atoms with Crippen molar-refractivity contribution < 1.29 is 8.42 Å². The summed E-state index contributed by atoms with van der Waals surface area (Å²) in [6.07, 6.45) is 0. The first-order valence-corrected chi connectivity index (χ1v) is 11.0. The molecule has 1 fully saturated rings. The second-order valence-corrected chi connectivity index (χ2v) is 9.48. The third-order valence-electron chi connectivity index (χ3n) is 4.64. The highest BCUT2D eigenvalue weighted by Gasteiger charge is 2.22. The fourth-order valence-corrected chi connectivity index (χ4v) is 5.23. The minimum Gasteiger partial charge on any atom is -0.369 e. The van der Waals surface area contributed by atoms with E-state index >= 15 is 0 Å². The molecule has 0 atom stereocenters. The van der Waals surface area contributed by atoms with E-state index in [4.69, 9.17) is 23.2 Å². The van der Waals surface area contributed by atoms with Crippen molar-refractivity contribution in [2.45, 2.75) is 11.8 Å². The number of hydrogen-bond acceptors (Lipinski definition) is 4. The molecule has 0 aliphatic carbocycles. The molecule has 0 spiro atoms. The highest BCUT2D eigenvalue weighted by Crippen LogP contribution is 2.26. The number of aryl methyl sites for hydroxylation is 1. The normalized spacial score (nSPS) is 16.0. The Kier molecular flexibility index (Phi) is 6.13. The first kappa shape index (κ1) is 19.5. The second-order valence-electron chi connectivity index (χ2n) is 6.56. The molecule has 4 nitrogen and oxygen atoms in total. The van der Waals surface area contributed by atoms with Crippen LogP contribution in [0.4, 0.5) is 5.69 Å². The van der Waals surface area contributed by atoms with Gasteiger partial charge in [-0.15, -0.1) is 0 Å². The third-order valence-corrected chi connectivity index (χ3v) is 7.05. The molecule has 0 amide bonds. The average Bonchev–Trinajstić information content (AvgIpc) is 2.62. The maximum Gasteiger partial charge on any atom is 0.181 e. The molecule has 140 valence electrons. The van der Waals surface area contributed by atoms with Crippen LogP contribution in [-0.4, -0.2) is 51.8 Å². The van der Waals surface area contributed by atoms with E-state index in [9.17, 15) is 8.42 Å². The number of rotatable bonds is 5. The first-order chi connectivity index (χ1) is 12.3. The first-order valence-electron chi connectivity index (χ1n) is 8.57. The summed E-state index contributed by atoms with van der Waals surface area (Å²) in [5.41, 5.74) is 2.47. The highest BCUT2D eigenvalue weighted by molar-refractivity contribution is 7.91. The van der Waals surface area contributed by atoms with Crippen molar-refractivity contribution in [3.63, 3.8) is 0 Å². The Morgan fingerprint density at radius 1 is 1.00 bits per heavy atom. The molecular weight excluding hydrogens is 391 g/mol. The minimum atomic E-state index is -3.46. The molecule has 1 aliphatic rings. The van der Waals surface area contributed by atoms with E-state index < -0.39 is 9.84 Å². The lowest BCUT2D eigenvalue weighted by molar-refractivity contribution is 0.272. The molecule has 1 saturated heterocycles. The summed E-state index contributed by atoms with van der Waals surface area (Å²) in [7, 11) is -3.46. The van der Waals surface area contributed by atoms with Gasteiger partial charge in [0.1, 0.15) is 0 Å². The van der Waals surface area contributed by atoms with Crippen LogP contribution in [0.15, 0.2) is 47.4 Å². The number of piperazine rings is 1. The fraction of sp³-hybridized carbons (Fsp3) is 0.368. The molecule has 0 N–H and O–H groups in total. The largest absolute Gasteiger partial charge is 0.369 e. The van der Waals surface area contributed by atoms with Crippen LogP contribution in [0.1, 0.15) is 5.56 Å². The number of sulfone groups is 1. The fourth-order valence-electron chi connectivity index (χ4n) is 3.13. The summed E-state index contributed by atoms with van der Waals surface area (Å²) in [6, 6.07) is 13.0. The maximum atomic E-state index is 12.6. The van der Waals surface area contributed by atoms with Gasteiger partial charge in [-0.3, -0.25) is 4.90 Å². The Labute approximate surface area is 165 Å². The lowest BCUT2D eigenvalue weighted by Gasteiger charge is -2.36. The summed E-state index contributed by atoms with van der Waals surface area (Å²) < 4.78 is 25.2. The average molecular weight is 413 g/mol. The van der Waals surface area contributed by atoms with Gasteiger partial charge in [0, 0.05) is 43.4 Å². The van der Waals surface area contributed by atoms with Crippen LogP contribution >= 0.6 is 23.2 Å². The third kappa shape index (κ3) is 4.71. The molecule has 7 heteroatoms. The number of nitrogens with zero attached hydrogens (tertiary/aromatic N) is 2. The molecule has 0 unspecified atom stereocenters. The molecular formula is C19H22Cl2N2O2S. The number of halogens is 2. The minimum absolute atomic E-state index is 0.0392. The Morgan fingerprint density at radius 3 is 2.42 bits per heavy atom. The Bertz CT molecular complexity index is 879. The van der Waals surface area contributed by atoms with Gasteiger partial charge in [-0.05, 0) is 42.8 Å². The van der Waals surface area contributed by atoms with Gasteiger partial charge in [0.2, 0.25) is 0 Å². The zero-order chi connectivity index (χ0) is 18.7. The monoisotopic (exact) mass is 412 g/mol. The molecule has 1 aliphatic heterocycles. The zero-order valence-electron chi connectivity index (χ0n) is 14.7. The lowest BCUT2D eigenvalue weighted by atomic mass is 10.2. The quantitative estimate of drug-likeness (QED) is 0.746. The summed E-state index contributed by atoms with van der Waals surface area (Å²) in [5.74, 6) is 0.0392. The van der Waals surface area contributed by atoms with Gasteiger partial charge in [-0.1, -0.05) is 35.3 Å². The lowest BCUT2D eigenvalue weighted by Crippen LogP contribution is -2.47. The SMILES string of the molecule is Cc1cccc(N2CCN(CCS(=O)(=O)c3cc(Cl)ccc3Cl)CC2)c1. The van der Waals surface area contributed by atoms with E-state index in [0.29, 0.717) is 11.6 Å². The van der Waals surface area contributed by atoms with Gasteiger partial charge in [0.15, 0.2) is 9.84 Å². The standard InChI is InChI=1S/C19H22Cl2N2O2S/c1-15-3-2-4-17(13-15)23-9-7-22(8-10-23)11-12-26(24,25)19-14-16(20)5-6-18(19)21/h2-6,13-14H,7-12H2,1H3. The predicted octanol–water partition coefficient (Wildman–Crippen LogP) is 3.90. The van der Waals surface area contributed by atoms with Crippen LogP contribution in [0.2, 0.25) is 10.0 Å². The Balaban J connectivity index is 1.57. The van der Waals surface area contributed by atoms with Crippen molar-refractivity contribution >= 4 is 38.7 Å². The zero-order valence-corrected chi connectivity index (χ0v) is 17.0. The Morgan fingerprint density at radius 2 is 1.73 bits per heavy atom. The summed E-state index contributed by atoms with van der Waals surface area (Å²) in [5, 5.41) is 0.596. The van der Waals surface area contributed by atoms with Crippen molar-refractivity contribution in [1.29, 1.82) is 0 Å². The predicted molar refractivity (Wildman–Crippen MR) is 108 cm³/mol. The molecule has 2 aromatic carbocycles. The highest BCUT2D eigenvalue weighted by atomic mass is 35.5. The van der Waals surface area contributed by atoms with Crippen LogP contribution in [0.25, 0.3) is 0 Å². The molecule has 0 radical (unpaired) electrons. The molecule has 0 aromatic heterocycles. The van der Waals surface area contributed by atoms with E-state index in [0.717, 1.165) is 26.2 Å². The second kappa shape index (κ2) is 8.17. The van der Waals surface area contributed by atoms with Crippen LogP contribution in [0.3, 0.4) is 0 Å². The maximum absolute atomic E-state index is 12.6. The molecule has 1 heterocycles. The van der Waals surface area contributed by atoms with Crippen LogP contribution < -0.4 is 4.90 Å². The number of hydrogen-bond donors (Lipinski definition) is 0. The molecule has 0 bridgehead atoms. The van der Waals surface area contributed by atoms with E-state index in [-0.39, 0.29) is 15.7 Å². The van der Waals surface area contributed by atoms with E-state index in [1.54, 1.807) is 6.07 Å². The summed E-state index contributed by atoms with van der Waals surface area (Å²) in [6.45, 7) is 6.04. The van der Waals surface area contributed by atoms with Gasteiger partial charge >= 0.3 is 0 Å². The van der Waals surface area contributed by atoms with Crippen LogP contribution in [0.5, 0.6) is 0 Å². The van der Waals surface area contributed by atoms with Crippen molar-refractivity contribution in [3.8, 4) is 0 Å². The van der Waals surface area contributed by atoms with Crippen LogP contribution in [0, 0.1) is 6.92 Å². The molecule has 2 aromatic rings. The van der Waals surface area contributed by atoms with E-state index in [1.807, 2.05) is 0 Å². The van der Waals surface area contributed by atoms with Gasteiger partial charge in [0.05, 0.1) is 15.7 Å². The summed E-state index contributed by atoms with van der Waals surface area (Å²) in [4.78, 5) is 4.64. The van der Waals surface area contributed by atoms with Crippen molar-refractivity contribution in [3.05, 3.63) is 58.1 Å². The van der Waals surface area contributed by atoms with Crippen LogP contribution in [-0.2, 0) is 9.84 Å². The van der Waals surface area contributed by atoms with Crippen molar-refractivity contribution in [1.82, 2.24) is 4.90 Å².